The van der Waals surface area contributed by atoms with Gasteiger partial charge in [0.2, 0.25) is 5.91 Å². The van der Waals surface area contributed by atoms with Crippen molar-refractivity contribution in [3.63, 3.8) is 0 Å². The number of hydrogen-bond donors (Lipinski definition) is 1. The molecule has 1 fully saturated rings. The fourth-order valence-corrected chi connectivity index (χ4v) is 2.60. The smallest absolute Gasteiger partial charge is 0.245 e. The maximum Gasteiger partial charge on any atom is 0.245 e. The Morgan fingerprint density at radius 3 is 3.00 bits per heavy atom. The molecule has 1 aliphatic rings. The van der Waals surface area contributed by atoms with Crippen molar-refractivity contribution >= 4 is 18.1 Å². The summed E-state index contributed by atoms with van der Waals surface area (Å²) < 4.78 is 2.26. The molecule has 3 heterocycles. The number of likely N-dealkylation sites (tertiary alicyclic amines) is 1. The standard InChI is InChI=1S/C12H13N5OS/c1-16-6-4-9(11(16)18)17-10(14-15-12(17)19)8-3-2-5-13-7-8/h2-3,5,7,9H,4,6H2,1H3,(H,15,19). The summed E-state index contributed by atoms with van der Waals surface area (Å²) in [7, 11) is 1.80. The third kappa shape index (κ3) is 1.95. The number of hydrogen-bond acceptors (Lipinski definition) is 4. The lowest BCUT2D eigenvalue weighted by Crippen LogP contribution is -2.25. The monoisotopic (exact) mass is 275 g/mol. The van der Waals surface area contributed by atoms with Gasteiger partial charge in [0.05, 0.1) is 0 Å². The van der Waals surface area contributed by atoms with E-state index in [1.807, 2.05) is 12.1 Å². The quantitative estimate of drug-likeness (QED) is 0.841. The number of nitrogens with one attached hydrogen (secondary N) is 1. The van der Waals surface area contributed by atoms with E-state index in [1.165, 1.54) is 0 Å². The van der Waals surface area contributed by atoms with Crippen LogP contribution in [0.3, 0.4) is 0 Å². The number of pyridine rings is 1. The number of H-pyrrole nitrogens is 1. The average molecular weight is 275 g/mol. The third-order valence-corrected chi connectivity index (χ3v) is 3.62. The lowest BCUT2D eigenvalue weighted by atomic mass is 10.2. The van der Waals surface area contributed by atoms with Crippen LogP contribution in [0.25, 0.3) is 11.4 Å². The number of amides is 1. The molecule has 0 spiro atoms. The van der Waals surface area contributed by atoms with E-state index >= 15 is 0 Å². The zero-order valence-electron chi connectivity index (χ0n) is 10.4. The highest BCUT2D eigenvalue weighted by atomic mass is 32.1. The van der Waals surface area contributed by atoms with Crippen LogP contribution >= 0.6 is 12.2 Å². The van der Waals surface area contributed by atoms with Crippen molar-refractivity contribution in [2.45, 2.75) is 12.5 Å². The zero-order chi connectivity index (χ0) is 13.4. The van der Waals surface area contributed by atoms with Crippen molar-refractivity contribution in [1.82, 2.24) is 24.6 Å². The topological polar surface area (TPSA) is 66.8 Å². The van der Waals surface area contributed by atoms with E-state index in [4.69, 9.17) is 12.2 Å². The van der Waals surface area contributed by atoms with Gasteiger partial charge in [-0.3, -0.25) is 19.4 Å². The maximum absolute atomic E-state index is 12.1. The Kier molecular flexibility index (Phi) is 2.90. The molecule has 1 amide bonds. The number of carbonyl (C=O) groups is 1. The average Bonchev–Trinajstić information content (AvgIpc) is 2.95. The second kappa shape index (κ2) is 4.58. The number of aromatic amines is 1. The van der Waals surface area contributed by atoms with Gasteiger partial charge in [0, 0.05) is 31.5 Å². The number of nitrogens with zero attached hydrogens (tertiary/aromatic N) is 4. The molecule has 19 heavy (non-hydrogen) atoms. The summed E-state index contributed by atoms with van der Waals surface area (Å²) in [6, 6.07) is 3.46. The van der Waals surface area contributed by atoms with Crippen LogP contribution in [0, 0.1) is 4.77 Å². The molecule has 1 atom stereocenters. The Morgan fingerprint density at radius 2 is 2.37 bits per heavy atom. The Balaban J connectivity index is 2.10. The fraction of sp³-hybridized carbons (Fsp3) is 0.333. The Bertz CT molecular complexity index is 662. The highest BCUT2D eigenvalue weighted by Gasteiger charge is 2.33. The first-order valence-electron chi connectivity index (χ1n) is 6.01. The van der Waals surface area contributed by atoms with Crippen LogP contribution in [-0.4, -0.2) is 44.1 Å². The second-order valence-electron chi connectivity index (χ2n) is 4.53. The molecule has 98 valence electrons. The molecule has 6 nitrogen and oxygen atoms in total. The predicted octanol–water partition coefficient (Wildman–Crippen LogP) is 1.41. The molecule has 7 heteroatoms. The minimum absolute atomic E-state index is 0.0719. The minimum Gasteiger partial charge on any atom is -0.344 e. The van der Waals surface area contributed by atoms with Gasteiger partial charge in [0.25, 0.3) is 0 Å². The van der Waals surface area contributed by atoms with Crippen LogP contribution in [0.2, 0.25) is 0 Å². The largest absolute Gasteiger partial charge is 0.344 e. The Labute approximate surface area is 115 Å². The van der Waals surface area contributed by atoms with Gasteiger partial charge >= 0.3 is 0 Å². The van der Waals surface area contributed by atoms with Gasteiger partial charge in [-0.25, -0.2) is 0 Å². The molecule has 1 saturated heterocycles. The van der Waals surface area contributed by atoms with Gasteiger partial charge in [-0.1, -0.05) is 0 Å². The molecule has 3 rings (SSSR count). The van der Waals surface area contributed by atoms with E-state index < -0.39 is 0 Å². The number of rotatable bonds is 2. The van der Waals surface area contributed by atoms with E-state index in [9.17, 15) is 4.79 Å². The van der Waals surface area contributed by atoms with Crippen LogP contribution in [0.4, 0.5) is 0 Å². The van der Waals surface area contributed by atoms with Gasteiger partial charge in [0.15, 0.2) is 10.6 Å². The van der Waals surface area contributed by atoms with Crippen LogP contribution in [0.15, 0.2) is 24.5 Å². The van der Waals surface area contributed by atoms with Crippen molar-refractivity contribution < 1.29 is 4.79 Å². The van der Waals surface area contributed by atoms with Gasteiger partial charge < -0.3 is 4.90 Å². The Morgan fingerprint density at radius 1 is 1.53 bits per heavy atom. The molecular weight excluding hydrogens is 262 g/mol. The first kappa shape index (κ1) is 12.0. The highest BCUT2D eigenvalue weighted by molar-refractivity contribution is 7.71. The molecule has 2 aromatic heterocycles. The van der Waals surface area contributed by atoms with Gasteiger partial charge in [0.1, 0.15) is 6.04 Å². The summed E-state index contributed by atoms with van der Waals surface area (Å²) in [5.74, 6) is 0.731. The lowest BCUT2D eigenvalue weighted by Gasteiger charge is -2.13. The van der Waals surface area contributed by atoms with E-state index in [2.05, 4.69) is 15.2 Å². The van der Waals surface area contributed by atoms with Crippen molar-refractivity contribution in [3.8, 4) is 11.4 Å². The van der Waals surface area contributed by atoms with E-state index in [0.717, 1.165) is 18.5 Å². The summed E-state index contributed by atoms with van der Waals surface area (Å²) >= 11 is 5.25. The van der Waals surface area contributed by atoms with Crippen molar-refractivity contribution in [3.05, 3.63) is 29.3 Å². The van der Waals surface area contributed by atoms with E-state index in [0.29, 0.717) is 10.6 Å². The maximum atomic E-state index is 12.1. The number of carbonyl (C=O) groups excluding carboxylic acids is 1. The summed E-state index contributed by atoms with van der Waals surface area (Å²) in [4.78, 5) is 17.9. The summed E-state index contributed by atoms with van der Waals surface area (Å²) in [6.45, 7) is 0.739. The number of likely N-dealkylation sites (N-methyl/N-ethyl adjacent to an activating group) is 1. The van der Waals surface area contributed by atoms with Crippen molar-refractivity contribution in [2.75, 3.05) is 13.6 Å². The van der Waals surface area contributed by atoms with Crippen molar-refractivity contribution in [1.29, 1.82) is 0 Å². The summed E-state index contributed by atoms with van der Waals surface area (Å²) in [5, 5.41) is 6.99. The van der Waals surface area contributed by atoms with E-state index in [-0.39, 0.29) is 11.9 Å². The van der Waals surface area contributed by atoms with Gasteiger partial charge in [-0.05, 0) is 30.8 Å². The molecule has 0 aliphatic carbocycles. The molecule has 1 unspecified atom stereocenters. The molecule has 0 bridgehead atoms. The van der Waals surface area contributed by atoms with Gasteiger partial charge in [-0.2, -0.15) is 5.10 Å². The molecule has 0 radical (unpaired) electrons. The summed E-state index contributed by atoms with van der Waals surface area (Å²) in [6.07, 6.45) is 4.16. The first-order valence-corrected chi connectivity index (χ1v) is 6.41. The van der Waals surface area contributed by atoms with Crippen LogP contribution in [0.1, 0.15) is 12.5 Å². The highest BCUT2D eigenvalue weighted by Crippen LogP contribution is 2.27. The predicted molar refractivity (Wildman–Crippen MR) is 71.9 cm³/mol. The molecule has 2 aromatic rings. The second-order valence-corrected chi connectivity index (χ2v) is 4.92. The summed E-state index contributed by atoms with van der Waals surface area (Å²) in [5.41, 5.74) is 0.845. The van der Waals surface area contributed by atoms with E-state index in [1.54, 1.807) is 28.9 Å². The first-order chi connectivity index (χ1) is 9.18. The molecular formula is C12H13N5OS. The normalized spacial score (nSPS) is 19.1. The minimum atomic E-state index is -0.272. The van der Waals surface area contributed by atoms with Crippen LogP contribution in [-0.2, 0) is 4.79 Å². The fourth-order valence-electron chi connectivity index (χ4n) is 2.34. The van der Waals surface area contributed by atoms with Crippen LogP contribution in [0.5, 0.6) is 0 Å². The lowest BCUT2D eigenvalue weighted by molar-refractivity contribution is -0.129. The number of aromatic nitrogens is 4. The zero-order valence-corrected chi connectivity index (χ0v) is 11.2. The molecule has 0 saturated carbocycles. The third-order valence-electron chi connectivity index (χ3n) is 3.34. The molecule has 1 aliphatic heterocycles. The SMILES string of the molecule is CN1CCC(n2c(-c3cccnc3)n[nH]c2=S)C1=O. The van der Waals surface area contributed by atoms with Crippen LogP contribution < -0.4 is 0 Å². The van der Waals surface area contributed by atoms with Gasteiger partial charge in [-0.15, -0.1) is 0 Å². The molecule has 1 N–H and O–H groups in total. The molecule has 0 aromatic carbocycles. The Hall–Kier alpha value is -2.02. The van der Waals surface area contributed by atoms with Crippen molar-refractivity contribution in [2.24, 2.45) is 0 Å².